The minimum Gasteiger partial charge on any atom is -0.480 e. The summed E-state index contributed by atoms with van der Waals surface area (Å²) in [5, 5.41) is 7.54. The topological polar surface area (TPSA) is 74.7 Å². The van der Waals surface area contributed by atoms with Crippen molar-refractivity contribution in [2.75, 3.05) is 13.1 Å². The molecule has 1 unspecified atom stereocenters. The van der Waals surface area contributed by atoms with Crippen LogP contribution in [0, 0.1) is 0 Å². The van der Waals surface area contributed by atoms with Gasteiger partial charge in [0, 0.05) is 13.1 Å². The highest BCUT2D eigenvalue weighted by Crippen LogP contribution is 2.13. The van der Waals surface area contributed by atoms with E-state index in [-0.39, 0.29) is 0 Å². The van der Waals surface area contributed by atoms with E-state index in [1.165, 1.54) is 11.2 Å². The van der Waals surface area contributed by atoms with Crippen molar-refractivity contribution in [3.8, 4) is 0 Å². The van der Waals surface area contributed by atoms with Crippen LogP contribution in [0.15, 0.2) is 0 Å². The fourth-order valence-electron chi connectivity index (χ4n) is 1.79. The average molecular weight is 293 g/mol. The third-order valence-electron chi connectivity index (χ3n) is 3.18. The van der Waals surface area contributed by atoms with E-state index in [9.17, 15) is 13.2 Å². The van der Waals surface area contributed by atoms with Gasteiger partial charge in [-0.15, -0.1) is 0 Å². The van der Waals surface area contributed by atoms with Crippen molar-refractivity contribution in [3.63, 3.8) is 0 Å². The molecule has 19 heavy (non-hydrogen) atoms. The maximum absolute atomic E-state index is 12.2. The van der Waals surface area contributed by atoms with E-state index in [0.717, 1.165) is 38.5 Å². The van der Waals surface area contributed by atoms with Crippen molar-refractivity contribution in [1.82, 2.24) is 4.31 Å². The average Bonchev–Trinajstić information content (AvgIpc) is 2.36. The molecule has 0 rings (SSSR count). The van der Waals surface area contributed by atoms with E-state index in [2.05, 4.69) is 13.8 Å². The van der Waals surface area contributed by atoms with Crippen LogP contribution in [-0.4, -0.2) is 42.1 Å². The van der Waals surface area contributed by atoms with E-state index in [1.54, 1.807) is 0 Å². The predicted octanol–water partition coefficient (Wildman–Crippen LogP) is 2.47. The molecule has 0 bridgehead atoms. The lowest BCUT2D eigenvalue weighted by Crippen LogP contribution is -2.42. The van der Waals surface area contributed by atoms with E-state index < -0.39 is 21.2 Å². The van der Waals surface area contributed by atoms with Crippen molar-refractivity contribution in [1.29, 1.82) is 0 Å². The molecule has 0 aliphatic rings. The lowest BCUT2D eigenvalue weighted by Gasteiger charge is -2.24. The molecule has 0 amide bonds. The summed E-state index contributed by atoms with van der Waals surface area (Å²) in [5.74, 6) is -1.28. The number of hydrogen-bond acceptors (Lipinski definition) is 3. The fourth-order valence-corrected chi connectivity index (χ4v) is 3.26. The molecule has 0 spiro atoms. The van der Waals surface area contributed by atoms with Crippen molar-refractivity contribution in [2.24, 2.45) is 0 Å². The van der Waals surface area contributed by atoms with Gasteiger partial charge in [-0.05, 0) is 19.8 Å². The summed E-state index contributed by atoms with van der Waals surface area (Å²) in [7, 11) is -3.73. The molecule has 1 atom stereocenters. The lowest BCUT2D eigenvalue weighted by molar-refractivity contribution is -0.136. The summed E-state index contributed by atoms with van der Waals surface area (Å²) in [6.07, 6.45) is 5.51. The van der Waals surface area contributed by atoms with Gasteiger partial charge in [0.15, 0.2) is 5.25 Å². The highest BCUT2D eigenvalue weighted by atomic mass is 32.2. The molecular formula is C13H27NO4S. The molecule has 0 aliphatic heterocycles. The number of unbranched alkanes of at least 4 members (excludes halogenated alkanes) is 4. The molecule has 0 radical (unpaired) electrons. The maximum Gasteiger partial charge on any atom is 0.323 e. The Morgan fingerprint density at radius 2 is 1.47 bits per heavy atom. The first kappa shape index (κ1) is 18.4. The van der Waals surface area contributed by atoms with Crippen molar-refractivity contribution in [2.45, 2.75) is 64.5 Å². The van der Waals surface area contributed by atoms with Crippen LogP contribution in [0.2, 0.25) is 0 Å². The van der Waals surface area contributed by atoms with Crippen LogP contribution in [0.4, 0.5) is 0 Å². The van der Waals surface area contributed by atoms with Gasteiger partial charge in [0.1, 0.15) is 0 Å². The van der Waals surface area contributed by atoms with Gasteiger partial charge in [0.2, 0.25) is 10.0 Å². The molecule has 0 fully saturated rings. The van der Waals surface area contributed by atoms with Crippen LogP contribution >= 0.6 is 0 Å². The normalized spacial score (nSPS) is 13.7. The predicted molar refractivity (Wildman–Crippen MR) is 76.6 cm³/mol. The lowest BCUT2D eigenvalue weighted by atomic mass is 10.2. The number of carboxylic acid groups (broad SMARTS) is 1. The Balaban J connectivity index is 4.73. The Kier molecular flexibility index (Phi) is 9.01. The van der Waals surface area contributed by atoms with E-state index in [1.807, 2.05) is 0 Å². The number of sulfonamides is 1. The first-order valence-corrected chi connectivity index (χ1v) is 8.60. The minimum absolute atomic E-state index is 0.428. The molecule has 1 N–H and O–H groups in total. The van der Waals surface area contributed by atoms with E-state index in [4.69, 9.17) is 5.11 Å². The van der Waals surface area contributed by atoms with Gasteiger partial charge >= 0.3 is 5.97 Å². The number of rotatable bonds is 11. The number of aliphatic carboxylic acids is 1. The fraction of sp³-hybridized carbons (Fsp3) is 0.923. The van der Waals surface area contributed by atoms with Gasteiger partial charge in [-0.3, -0.25) is 4.79 Å². The summed E-state index contributed by atoms with van der Waals surface area (Å²) in [4.78, 5) is 10.9. The minimum atomic E-state index is -3.73. The summed E-state index contributed by atoms with van der Waals surface area (Å²) in [6.45, 7) is 6.20. The SMILES string of the molecule is CCCCCN(CCCCC)S(=O)(=O)C(C)C(=O)O. The summed E-state index contributed by atoms with van der Waals surface area (Å²) < 4.78 is 25.8. The van der Waals surface area contributed by atoms with Crippen LogP contribution in [-0.2, 0) is 14.8 Å². The first-order valence-electron chi connectivity index (χ1n) is 7.09. The number of hydrogen-bond donors (Lipinski definition) is 1. The molecular weight excluding hydrogens is 266 g/mol. The van der Waals surface area contributed by atoms with Crippen LogP contribution in [0.1, 0.15) is 59.3 Å². The third kappa shape index (κ3) is 6.38. The number of carboxylic acids is 1. The zero-order valence-corrected chi connectivity index (χ0v) is 13.1. The molecule has 0 saturated carbocycles. The van der Waals surface area contributed by atoms with Gasteiger partial charge < -0.3 is 5.11 Å². The van der Waals surface area contributed by atoms with Gasteiger partial charge in [0.05, 0.1) is 0 Å². The Labute approximate surface area is 117 Å². The monoisotopic (exact) mass is 293 g/mol. The first-order chi connectivity index (χ1) is 8.87. The van der Waals surface area contributed by atoms with E-state index >= 15 is 0 Å². The summed E-state index contributed by atoms with van der Waals surface area (Å²) in [6, 6.07) is 0. The highest BCUT2D eigenvalue weighted by molar-refractivity contribution is 7.90. The van der Waals surface area contributed by atoms with Gasteiger partial charge in [-0.2, -0.15) is 0 Å². The highest BCUT2D eigenvalue weighted by Gasteiger charge is 2.33. The molecule has 6 heteroatoms. The van der Waals surface area contributed by atoms with Gasteiger partial charge in [0.25, 0.3) is 0 Å². The third-order valence-corrected chi connectivity index (χ3v) is 5.36. The molecule has 0 heterocycles. The van der Waals surface area contributed by atoms with Gasteiger partial charge in [-0.1, -0.05) is 39.5 Å². The van der Waals surface area contributed by atoms with Crippen molar-refractivity contribution < 1.29 is 18.3 Å². The molecule has 0 aromatic heterocycles. The standard InChI is InChI=1S/C13H27NO4S/c1-4-6-8-10-14(11-9-7-5-2)19(17,18)12(3)13(15)16/h12H,4-11H2,1-3H3,(H,15,16). The molecule has 114 valence electrons. The smallest absolute Gasteiger partial charge is 0.323 e. The van der Waals surface area contributed by atoms with Crippen LogP contribution < -0.4 is 0 Å². The van der Waals surface area contributed by atoms with E-state index in [0.29, 0.717) is 13.1 Å². The second-order valence-corrected chi connectivity index (χ2v) is 7.09. The van der Waals surface area contributed by atoms with Crippen LogP contribution in [0.25, 0.3) is 0 Å². The molecule has 0 saturated heterocycles. The van der Waals surface area contributed by atoms with Gasteiger partial charge in [-0.25, -0.2) is 12.7 Å². The second kappa shape index (κ2) is 9.31. The van der Waals surface area contributed by atoms with Crippen molar-refractivity contribution >= 4 is 16.0 Å². The second-order valence-electron chi connectivity index (χ2n) is 4.84. The summed E-state index contributed by atoms with van der Waals surface area (Å²) in [5.41, 5.74) is 0. The molecule has 5 nitrogen and oxygen atoms in total. The zero-order chi connectivity index (χ0) is 14.9. The van der Waals surface area contributed by atoms with Crippen LogP contribution in [0.3, 0.4) is 0 Å². The Hall–Kier alpha value is -0.620. The van der Waals surface area contributed by atoms with Crippen LogP contribution in [0.5, 0.6) is 0 Å². The summed E-state index contributed by atoms with van der Waals surface area (Å²) >= 11 is 0. The molecule has 0 aromatic rings. The molecule has 0 aliphatic carbocycles. The van der Waals surface area contributed by atoms with Crippen molar-refractivity contribution in [3.05, 3.63) is 0 Å². The zero-order valence-electron chi connectivity index (χ0n) is 12.3. The Morgan fingerprint density at radius 1 is 1.05 bits per heavy atom. The molecule has 0 aromatic carbocycles. The quantitative estimate of drug-likeness (QED) is 0.594. The Bertz CT molecular complexity index is 344. The number of nitrogens with zero attached hydrogens (tertiary/aromatic N) is 1. The Morgan fingerprint density at radius 3 is 1.79 bits per heavy atom. The largest absolute Gasteiger partial charge is 0.480 e. The number of carbonyl (C=O) groups is 1. The maximum atomic E-state index is 12.2.